The van der Waals surface area contributed by atoms with Crippen LogP contribution in [0.4, 0.5) is 10.1 Å². The quantitative estimate of drug-likeness (QED) is 0.756. The van der Waals surface area contributed by atoms with Gasteiger partial charge < -0.3 is 10.6 Å². The maximum atomic E-state index is 13.4. The van der Waals surface area contributed by atoms with E-state index in [2.05, 4.69) is 22.5 Å². The standard InChI is InChI=1S/C22H29ClFN3O2/c1-21(5-2-6-21)26-19(28)12-27-13-22(14-27)7-3-15(4-8-22)20(29)25-18-10-16(23)9-17(24)11-18/h9-11,15H,2-8,12-14H2,1H3,(H,25,29)(H,26,28). The average Bonchev–Trinajstić information content (AvgIpc) is 2.58. The zero-order valence-corrected chi connectivity index (χ0v) is 17.7. The predicted molar refractivity (Wildman–Crippen MR) is 111 cm³/mol. The van der Waals surface area contributed by atoms with Crippen molar-refractivity contribution < 1.29 is 14.0 Å². The third-order valence-electron chi connectivity index (χ3n) is 6.93. The topological polar surface area (TPSA) is 61.4 Å². The number of hydrogen-bond acceptors (Lipinski definition) is 3. The molecule has 1 heterocycles. The van der Waals surface area contributed by atoms with E-state index in [9.17, 15) is 14.0 Å². The van der Waals surface area contributed by atoms with Crippen LogP contribution in [0.25, 0.3) is 0 Å². The molecule has 2 aliphatic carbocycles. The van der Waals surface area contributed by atoms with Crippen LogP contribution >= 0.6 is 11.6 Å². The highest BCUT2D eigenvalue weighted by atomic mass is 35.5. The van der Waals surface area contributed by atoms with Crippen molar-refractivity contribution in [2.45, 2.75) is 57.4 Å². The van der Waals surface area contributed by atoms with E-state index >= 15 is 0 Å². The molecule has 0 unspecified atom stereocenters. The van der Waals surface area contributed by atoms with Gasteiger partial charge in [0, 0.05) is 35.3 Å². The second-order valence-electron chi connectivity index (χ2n) is 9.53. The molecule has 0 bridgehead atoms. The van der Waals surface area contributed by atoms with Crippen molar-refractivity contribution in [3.8, 4) is 0 Å². The summed E-state index contributed by atoms with van der Waals surface area (Å²) in [5.74, 6) is -0.450. The third kappa shape index (κ3) is 4.75. The highest BCUT2D eigenvalue weighted by Gasteiger charge is 2.46. The van der Waals surface area contributed by atoms with Gasteiger partial charge in [0.05, 0.1) is 6.54 Å². The molecule has 0 atom stereocenters. The molecular weight excluding hydrogens is 393 g/mol. The van der Waals surface area contributed by atoms with Crippen molar-refractivity contribution in [3.63, 3.8) is 0 Å². The minimum absolute atomic E-state index is 0.0109. The van der Waals surface area contributed by atoms with Crippen LogP contribution in [0, 0.1) is 17.2 Å². The molecule has 1 aliphatic heterocycles. The Balaban J connectivity index is 1.21. The van der Waals surface area contributed by atoms with Gasteiger partial charge in [-0.15, -0.1) is 0 Å². The highest BCUT2D eigenvalue weighted by molar-refractivity contribution is 6.30. The molecule has 7 heteroatoms. The van der Waals surface area contributed by atoms with Gasteiger partial charge in [0.15, 0.2) is 0 Å². The van der Waals surface area contributed by atoms with Crippen molar-refractivity contribution in [1.29, 1.82) is 0 Å². The fourth-order valence-corrected chi connectivity index (χ4v) is 5.33. The summed E-state index contributed by atoms with van der Waals surface area (Å²) in [6, 6.07) is 4.06. The number of likely N-dealkylation sites (tertiary alicyclic amines) is 1. The van der Waals surface area contributed by atoms with Gasteiger partial charge in [-0.05, 0) is 75.5 Å². The first-order valence-electron chi connectivity index (χ1n) is 10.5. The van der Waals surface area contributed by atoms with Gasteiger partial charge in [-0.2, -0.15) is 0 Å². The van der Waals surface area contributed by atoms with Crippen molar-refractivity contribution in [2.75, 3.05) is 25.0 Å². The summed E-state index contributed by atoms with van der Waals surface area (Å²) in [5.41, 5.74) is 0.664. The first-order chi connectivity index (χ1) is 13.7. The Bertz CT molecular complexity index is 775. The van der Waals surface area contributed by atoms with E-state index in [4.69, 9.17) is 11.6 Å². The van der Waals surface area contributed by atoms with E-state index in [0.29, 0.717) is 12.2 Å². The first kappa shape index (κ1) is 20.6. The van der Waals surface area contributed by atoms with E-state index < -0.39 is 5.82 Å². The highest BCUT2D eigenvalue weighted by Crippen LogP contribution is 2.45. The lowest BCUT2D eigenvalue weighted by molar-refractivity contribution is -0.130. The fourth-order valence-electron chi connectivity index (χ4n) is 5.10. The summed E-state index contributed by atoms with van der Waals surface area (Å²) in [4.78, 5) is 27.0. The molecule has 2 saturated carbocycles. The average molecular weight is 422 g/mol. The molecule has 4 rings (SSSR count). The summed E-state index contributed by atoms with van der Waals surface area (Å²) in [6.45, 7) is 4.47. The molecule has 1 aromatic carbocycles. The second kappa shape index (κ2) is 7.88. The van der Waals surface area contributed by atoms with E-state index in [0.717, 1.165) is 51.6 Å². The number of amides is 2. The van der Waals surface area contributed by atoms with E-state index in [1.54, 1.807) is 6.07 Å². The Morgan fingerprint density at radius 2 is 1.86 bits per heavy atom. The summed E-state index contributed by atoms with van der Waals surface area (Å²) >= 11 is 5.86. The zero-order valence-electron chi connectivity index (χ0n) is 16.9. The second-order valence-corrected chi connectivity index (χ2v) is 9.97. The Labute approximate surface area is 176 Å². The van der Waals surface area contributed by atoms with Gasteiger partial charge in [0.2, 0.25) is 11.8 Å². The summed E-state index contributed by atoms with van der Waals surface area (Å²) in [7, 11) is 0. The van der Waals surface area contributed by atoms with Crippen LogP contribution in [0.3, 0.4) is 0 Å². The number of halogens is 2. The number of nitrogens with zero attached hydrogens (tertiary/aromatic N) is 1. The molecule has 2 N–H and O–H groups in total. The van der Waals surface area contributed by atoms with Gasteiger partial charge in [0.25, 0.3) is 0 Å². The maximum Gasteiger partial charge on any atom is 0.234 e. The van der Waals surface area contributed by atoms with E-state index in [1.807, 2.05) is 0 Å². The number of rotatable bonds is 5. The lowest BCUT2D eigenvalue weighted by atomic mass is 9.65. The molecule has 1 spiro atoms. The van der Waals surface area contributed by atoms with Crippen LogP contribution in [0.5, 0.6) is 0 Å². The number of benzene rings is 1. The van der Waals surface area contributed by atoms with Crippen LogP contribution < -0.4 is 10.6 Å². The van der Waals surface area contributed by atoms with Crippen LogP contribution in [-0.2, 0) is 9.59 Å². The van der Waals surface area contributed by atoms with Gasteiger partial charge in [-0.3, -0.25) is 14.5 Å². The predicted octanol–water partition coefficient (Wildman–Crippen LogP) is 3.97. The molecule has 1 saturated heterocycles. The number of carbonyl (C=O) groups excluding carboxylic acids is 2. The van der Waals surface area contributed by atoms with Crippen molar-refractivity contribution in [2.24, 2.45) is 11.3 Å². The molecule has 1 aromatic rings. The molecule has 3 aliphatic rings. The minimum atomic E-state index is -0.458. The molecule has 158 valence electrons. The van der Waals surface area contributed by atoms with E-state index in [1.165, 1.54) is 18.6 Å². The van der Waals surface area contributed by atoms with Crippen LogP contribution in [-0.4, -0.2) is 41.9 Å². The fraction of sp³-hybridized carbons (Fsp3) is 0.636. The Morgan fingerprint density at radius 1 is 1.17 bits per heavy atom. The molecule has 2 amide bonds. The molecular formula is C22H29ClFN3O2. The maximum absolute atomic E-state index is 13.4. The number of anilines is 1. The van der Waals surface area contributed by atoms with Crippen molar-refractivity contribution in [3.05, 3.63) is 29.0 Å². The summed E-state index contributed by atoms with van der Waals surface area (Å²) in [6.07, 6.45) is 6.99. The van der Waals surface area contributed by atoms with Gasteiger partial charge in [-0.1, -0.05) is 11.6 Å². The Hall–Kier alpha value is -1.66. The molecule has 0 aromatic heterocycles. The van der Waals surface area contributed by atoms with Crippen molar-refractivity contribution in [1.82, 2.24) is 10.2 Å². The zero-order chi connectivity index (χ0) is 20.6. The summed E-state index contributed by atoms with van der Waals surface area (Å²) < 4.78 is 13.4. The van der Waals surface area contributed by atoms with Crippen LogP contribution in [0.1, 0.15) is 51.9 Å². The van der Waals surface area contributed by atoms with Crippen molar-refractivity contribution >= 4 is 29.1 Å². The lowest BCUT2D eigenvalue weighted by Crippen LogP contribution is -2.61. The SMILES string of the molecule is CC1(NC(=O)CN2CC3(CCC(C(=O)Nc4cc(F)cc(Cl)c4)CC3)C2)CCC1. The molecule has 29 heavy (non-hydrogen) atoms. The first-order valence-corrected chi connectivity index (χ1v) is 10.9. The van der Waals surface area contributed by atoms with E-state index in [-0.39, 0.29) is 33.7 Å². The molecule has 3 fully saturated rings. The normalized spacial score (nSPS) is 23.1. The molecule has 5 nitrogen and oxygen atoms in total. The minimum Gasteiger partial charge on any atom is -0.350 e. The number of nitrogens with one attached hydrogen (secondary N) is 2. The van der Waals surface area contributed by atoms with Gasteiger partial charge in [-0.25, -0.2) is 4.39 Å². The smallest absolute Gasteiger partial charge is 0.234 e. The van der Waals surface area contributed by atoms with Crippen LogP contribution in [0.15, 0.2) is 18.2 Å². The van der Waals surface area contributed by atoms with Gasteiger partial charge in [0.1, 0.15) is 5.82 Å². The number of carbonyl (C=O) groups is 2. The summed E-state index contributed by atoms with van der Waals surface area (Å²) in [5, 5.41) is 6.24. The largest absolute Gasteiger partial charge is 0.350 e. The van der Waals surface area contributed by atoms with Gasteiger partial charge >= 0.3 is 0 Å². The van der Waals surface area contributed by atoms with Crippen LogP contribution in [0.2, 0.25) is 5.02 Å². The lowest BCUT2D eigenvalue weighted by Gasteiger charge is -2.53. The molecule has 0 radical (unpaired) electrons. The monoisotopic (exact) mass is 421 g/mol. The Morgan fingerprint density at radius 3 is 2.45 bits per heavy atom. The Kier molecular flexibility index (Phi) is 5.60. The number of hydrogen-bond donors (Lipinski definition) is 2. The third-order valence-corrected chi connectivity index (χ3v) is 7.15.